The Morgan fingerprint density at radius 3 is 2.75 bits per heavy atom. The van der Waals surface area contributed by atoms with Crippen molar-refractivity contribution in [2.75, 3.05) is 19.8 Å². The van der Waals surface area contributed by atoms with E-state index >= 15 is 0 Å². The maximum atomic E-state index is 5.03. The molecule has 0 spiro atoms. The van der Waals surface area contributed by atoms with Gasteiger partial charge in [0.05, 0.1) is 13.2 Å². The first kappa shape index (κ1) is 8.92. The molecule has 8 heavy (non-hydrogen) atoms. The monoisotopic (exact) mass is 126 g/mol. The van der Waals surface area contributed by atoms with Crippen LogP contribution in [0.15, 0.2) is 0 Å². The van der Waals surface area contributed by atoms with Crippen molar-refractivity contribution in [3.63, 3.8) is 0 Å². The van der Waals surface area contributed by atoms with Crippen LogP contribution in [0.25, 0.3) is 0 Å². The molecule has 44 valence electrons. The van der Waals surface area contributed by atoms with Crippen LogP contribution >= 0.6 is 0 Å². The van der Waals surface area contributed by atoms with Gasteiger partial charge in [0, 0.05) is 6.61 Å². The third kappa shape index (κ3) is 3.87. The Labute approximate surface area is 71.8 Å². The zero-order valence-corrected chi connectivity index (χ0v) is 4.52. The molecule has 1 saturated heterocycles. The van der Waals surface area contributed by atoms with Crippen molar-refractivity contribution in [1.29, 1.82) is 0 Å². The van der Waals surface area contributed by atoms with Crippen LogP contribution in [-0.4, -0.2) is 55.5 Å². The van der Waals surface area contributed by atoms with Crippen LogP contribution in [0.2, 0.25) is 0 Å². The summed E-state index contributed by atoms with van der Waals surface area (Å²) in [7, 11) is 0. The van der Waals surface area contributed by atoms with Gasteiger partial charge in [-0.15, -0.1) is 0 Å². The Bertz CT molecular complexity index is 54.4. The van der Waals surface area contributed by atoms with Gasteiger partial charge in [-0.1, -0.05) is 0 Å². The summed E-state index contributed by atoms with van der Waals surface area (Å²) in [5, 5.41) is 0. The summed E-state index contributed by atoms with van der Waals surface area (Å²) in [6.45, 7) is 4.48. The van der Waals surface area contributed by atoms with Crippen molar-refractivity contribution in [3.05, 3.63) is 0 Å². The van der Waals surface area contributed by atoms with E-state index in [1.807, 2.05) is 6.92 Å². The average Bonchev–Trinajstić information content (AvgIpc) is 2.42. The topological polar surface area (TPSA) is 21.8 Å². The third-order valence-corrected chi connectivity index (χ3v) is 0.910. The molecule has 0 radical (unpaired) electrons. The van der Waals surface area contributed by atoms with Crippen molar-refractivity contribution in [2.45, 2.75) is 13.0 Å². The molecule has 1 aliphatic heterocycles. The SMILES string of the molecule is CCOCC1CO1.[NaH]. The molecule has 0 aromatic heterocycles. The van der Waals surface area contributed by atoms with Crippen molar-refractivity contribution >= 4 is 29.6 Å². The summed E-state index contributed by atoms with van der Waals surface area (Å²) in [5.41, 5.74) is 0. The molecule has 1 rings (SSSR count). The summed E-state index contributed by atoms with van der Waals surface area (Å²) in [5.74, 6) is 0. The molecular weight excluding hydrogens is 115 g/mol. The van der Waals surface area contributed by atoms with Gasteiger partial charge in [-0.3, -0.25) is 0 Å². The first-order valence-electron chi connectivity index (χ1n) is 2.63. The third-order valence-electron chi connectivity index (χ3n) is 0.910. The van der Waals surface area contributed by atoms with Gasteiger partial charge in [0.15, 0.2) is 0 Å². The molecule has 0 N–H and O–H groups in total. The molecule has 0 aliphatic carbocycles. The molecule has 3 heteroatoms. The van der Waals surface area contributed by atoms with E-state index in [-0.39, 0.29) is 29.6 Å². The van der Waals surface area contributed by atoms with E-state index < -0.39 is 0 Å². The normalized spacial score (nSPS) is 24.4. The van der Waals surface area contributed by atoms with Crippen LogP contribution in [-0.2, 0) is 9.47 Å². The van der Waals surface area contributed by atoms with E-state index in [0.29, 0.717) is 6.10 Å². The molecule has 0 aromatic rings. The van der Waals surface area contributed by atoms with Crippen molar-refractivity contribution in [1.82, 2.24) is 0 Å². The molecule has 1 unspecified atom stereocenters. The van der Waals surface area contributed by atoms with Gasteiger partial charge in [0.25, 0.3) is 0 Å². The summed E-state index contributed by atoms with van der Waals surface area (Å²) in [6.07, 6.45) is 0.431. The molecule has 0 saturated carbocycles. The second-order valence-corrected chi connectivity index (χ2v) is 1.61. The van der Waals surface area contributed by atoms with Crippen molar-refractivity contribution in [3.8, 4) is 0 Å². The van der Waals surface area contributed by atoms with Gasteiger partial charge in [0.2, 0.25) is 0 Å². The van der Waals surface area contributed by atoms with Crippen molar-refractivity contribution in [2.24, 2.45) is 0 Å². The van der Waals surface area contributed by atoms with E-state index in [2.05, 4.69) is 0 Å². The molecule has 1 aliphatic rings. The number of hydrogen-bond acceptors (Lipinski definition) is 2. The summed E-state index contributed by atoms with van der Waals surface area (Å²) in [6, 6.07) is 0. The maximum absolute atomic E-state index is 5.03. The zero-order valence-electron chi connectivity index (χ0n) is 4.52. The number of epoxide rings is 1. The molecule has 0 aromatic carbocycles. The van der Waals surface area contributed by atoms with Gasteiger partial charge >= 0.3 is 29.6 Å². The van der Waals surface area contributed by atoms with Crippen LogP contribution in [0.3, 0.4) is 0 Å². The Hall–Kier alpha value is 0.920. The minimum atomic E-state index is 0. The Morgan fingerprint density at radius 2 is 2.38 bits per heavy atom. The molecule has 1 fully saturated rings. The van der Waals surface area contributed by atoms with Crippen LogP contribution < -0.4 is 0 Å². The summed E-state index contributed by atoms with van der Waals surface area (Å²) in [4.78, 5) is 0. The number of hydrogen-bond donors (Lipinski definition) is 0. The quantitative estimate of drug-likeness (QED) is 0.385. The fourth-order valence-electron chi connectivity index (χ4n) is 0.414. The number of rotatable bonds is 3. The van der Waals surface area contributed by atoms with Gasteiger partial charge in [0.1, 0.15) is 6.10 Å². The van der Waals surface area contributed by atoms with Crippen LogP contribution in [0.5, 0.6) is 0 Å². The predicted molar refractivity (Wildman–Crippen MR) is 33.4 cm³/mol. The first-order valence-corrected chi connectivity index (χ1v) is 2.63. The fourth-order valence-corrected chi connectivity index (χ4v) is 0.414. The van der Waals surface area contributed by atoms with Crippen molar-refractivity contribution < 1.29 is 9.47 Å². The van der Waals surface area contributed by atoms with Gasteiger partial charge in [-0.2, -0.15) is 0 Å². The minimum absolute atomic E-state index is 0. The van der Waals surface area contributed by atoms with Crippen LogP contribution in [0, 0.1) is 0 Å². The predicted octanol–water partition coefficient (Wildman–Crippen LogP) is -0.227. The average molecular weight is 126 g/mol. The summed E-state index contributed by atoms with van der Waals surface area (Å²) < 4.78 is 9.92. The van der Waals surface area contributed by atoms with E-state index in [9.17, 15) is 0 Å². The number of ether oxygens (including phenoxy) is 2. The summed E-state index contributed by atoms with van der Waals surface area (Å²) >= 11 is 0. The standard InChI is InChI=1S/C5H10O2.Na.H/c1-2-6-3-5-4-7-5;;/h5H,2-4H2,1H3;;. The van der Waals surface area contributed by atoms with Crippen LogP contribution in [0.4, 0.5) is 0 Å². The van der Waals surface area contributed by atoms with Gasteiger partial charge < -0.3 is 9.47 Å². The van der Waals surface area contributed by atoms with Gasteiger partial charge in [-0.25, -0.2) is 0 Å². The van der Waals surface area contributed by atoms with Crippen LogP contribution in [0.1, 0.15) is 6.92 Å². The molecule has 0 amide bonds. The van der Waals surface area contributed by atoms with E-state index in [1.54, 1.807) is 0 Å². The second kappa shape index (κ2) is 4.77. The Kier molecular flexibility index (Phi) is 5.31. The Balaban J connectivity index is 0.000000490. The first-order chi connectivity index (χ1) is 3.43. The fraction of sp³-hybridized carbons (Fsp3) is 1.00. The zero-order chi connectivity index (χ0) is 5.11. The second-order valence-electron chi connectivity index (χ2n) is 1.61. The molecule has 2 nitrogen and oxygen atoms in total. The molecule has 1 heterocycles. The van der Waals surface area contributed by atoms with E-state index in [4.69, 9.17) is 9.47 Å². The molecular formula is C5H11NaO2. The van der Waals surface area contributed by atoms with E-state index in [1.165, 1.54) is 0 Å². The molecule has 1 atom stereocenters. The molecule has 0 bridgehead atoms. The van der Waals surface area contributed by atoms with Gasteiger partial charge in [-0.05, 0) is 6.92 Å². The Morgan fingerprint density at radius 1 is 1.75 bits per heavy atom. The van der Waals surface area contributed by atoms with E-state index in [0.717, 1.165) is 19.8 Å².